The van der Waals surface area contributed by atoms with E-state index in [2.05, 4.69) is 0 Å². The zero-order valence-corrected chi connectivity index (χ0v) is 17.8. The normalized spacial score (nSPS) is 13.8. The van der Waals surface area contributed by atoms with Crippen molar-refractivity contribution in [1.29, 1.82) is 0 Å². The van der Waals surface area contributed by atoms with Gasteiger partial charge in [-0.15, -0.1) is 0 Å². The maximum absolute atomic E-state index is 13.7. The van der Waals surface area contributed by atoms with Crippen LogP contribution in [-0.4, -0.2) is 0 Å². The number of phosphoric acid groups is 1. The minimum atomic E-state index is -4.11. The Morgan fingerprint density at radius 3 is 1.87 bits per heavy atom. The molecule has 4 rings (SSSR count). The fraction of sp³-hybridized carbons (Fsp3) is 0.120. The molecule has 0 amide bonds. The third kappa shape index (κ3) is 6.03. The van der Waals surface area contributed by atoms with Gasteiger partial charge in [0.2, 0.25) is 0 Å². The van der Waals surface area contributed by atoms with Crippen LogP contribution in [0.1, 0.15) is 18.4 Å². The average Bonchev–Trinajstić information content (AvgIpc) is 3.00. The number of phosphoric ester groups is 1. The molecule has 1 aliphatic heterocycles. The fourth-order valence-corrected chi connectivity index (χ4v) is 4.34. The average molecular weight is 434 g/mol. The molecule has 0 radical (unpaired) electrons. The predicted molar refractivity (Wildman–Crippen MR) is 119 cm³/mol. The zero-order chi connectivity index (χ0) is 21.4. The smallest absolute Gasteiger partial charge is 0.434 e. The quantitative estimate of drug-likeness (QED) is 0.356. The Morgan fingerprint density at radius 2 is 1.29 bits per heavy atom. The van der Waals surface area contributed by atoms with Crippen molar-refractivity contribution in [3.05, 3.63) is 120 Å². The highest BCUT2D eigenvalue weighted by Gasteiger charge is 2.36. The van der Waals surface area contributed by atoms with Crippen LogP contribution in [0, 0.1) is 0 Å². The van der Waals surface area contributed by atoms with Crippen LogP contribution in [0.3, 0.4) is 0 Å². The van der Waals surface area contributed by atoms with Crippen LogP contribution >= 0.6 is 7.82 Å². The Hall–Kier alpha value is -3.43. The van der Waals surface area contributed by atoms with E-state index in [1.165, 1.54) is 0 Å². The highest BCUT2D eigenvalue weighted by molar-refractivity contribution is 7.49. The summed E-state index contributed by atoms with van der Waals surface area (Å²) in [5.41, 5.74) is 1.98. The third-order valence-corrected chi connectivity index (χ3v) is 5.81. The molecule has 158 valence electrons. The molecule has 0 bridgehead atoms. The first kappa shape index (κ1) is 20.8. The summed E-state index contributed by atoms with van der Waals surface area (Å²) in [6, 6.07) is 27.6. The summed E-state index contributed by atoms with van der Waals surface area (Å²) in [7, 11) is -4.11. The minimum Gasteiger partial charge on any atom is -0.434 e. The van der Waals surface area contributed by atoms with Gasteiger partial charge in [0.05, 0.1) is 6.26 Å². The van der Waals surface area contributed by atoms with Gasteiger partial charge in [-0.05, 0) is 48.7 Å². The summed E-state index contributed by atoms with van der Waals surface area (Å²) >= 11 is 0. The van der Waals surface area contributed by atoms with Crippen LogP contribution in [-0.2, 0) is 20.2 Å². The van der Waals surface area contributed by atoms with Gasteiger partial charge in [0.15, 0.2) is 0 Å². The Labute approximate surface area is 182 Å². The van der Waals surface area contributed by atoms with E-state index in [4.69, 9.17) is 18.3 Å². The van der Waals surface area contributed by atoms with Crippen molar-refractivity contribution in [3.63, 3.8) is 0 Å². The standard InChI is InChI=1S/C25H23O5P/c26-31(28-23-15-6-2-7-16-23,29-24-17-8-3-9-18-24)30-25-22(14-10-11-19-27-25)20-21-12-4-1-5-13-21/h1-9,11-13,15-19H,10,14,20H2. The SMILES string of the molecule is O=P(OC1=C(Cc2ccccc2)CCC=CO1)(Oc1ccccc1)Oc1ccccc1. The van der Waals surface area contributed by atoms with Gasteiger partial charge in [0.25, 0.3) is 5.95 Å². The van der Waals surface area contributed by atoms with Crippen molar-refractivity contribution in [2.24, 2.45) is 0 Å². The largest absolute Gasteiger partial charge is 0.649 e. The number of ether oxygens (including phenoxy) is 1. The first-order valence-electron chi connectivity index (χ1n) is 10.1. The van der Waals surface area contributed by atoms with Crippen LogP contribution in [0.4, 0.5) is 0 Å². The summed E-state index contributed by atoms with van der Waals surface area (Å²) in [5, 5.41) is 0. The Bertz CT molecular complexity index is 1030. The zero-order valence-electron chi connectivity index (χ0n) is 16.9. The number of hydrogen-bond donors (Lipinski definition) is 0. The van der Waals surface area contributed by atoms with Gasteiger partial charge >= 0.3 is 7.82 Å². The first-order chi connectivity index (χ1) is 15.2. The molecule has 0 fully saturated rings. The molecule has 0 N–H and O–H groups in total. The van der Waals surface area contributed by atoms with E-state index in [0.29, 0.717) is 24.3 Å². The second-order valence-electron chi connectivity index (χ2n) is 6.93. The fourth-order valence-electron chi connectivity index (χ4n) is 3.09. The van der Waals surface area contributed by atoms with Gasteiger partial charge in [-0.1, -0.05) is 66.7 Å². The Kier molecular flexibility index (Phi) is 6.75. The molecule has 3 aromatic carbocycles. The lowest BCUT2D eigenvalue weighted by molar-refractivity contribution is 0.142. The van der Waals surface area contributed by atoms with Gasteiger partial charge in [0.1, 0.15) is 11.5 Å². The molecule has 0 unspecified atom stereocenters. The second-order valence-corrected chi connectivity index (χ2v) is 8.37. The molecule has 0 aromatic heterocycles. The molecular weight excluding hydrogens is 411 g/mol. The lowest BCUT2D eigenvalue weighted by atomic mass is 10.0. The maximum Gasteiger partial charge on any atom is 0.649 e. The van der Waals surface area contributed by atoms with E-state index in [1.807, 2.05) is 48.5 Å². The first-order valence-corrected chi connectivity index (χ1v) is 11.5. The van der Waals surface area contributed by atoms with Crippen LogP contribution in [0.5, 0.6) is 11.5 Å². The molecule has 1 heterocycles. The molecule has 0 spiro atoms. The van der Waals surface area contributed by atoms with Crippen molar-refractivity contribution in [3.8, 4) is 11.5 Å². The van der Waals surface area contributed by atoms with Crippen LogP contribution in [0.2, 0.25) is 0 Å². The minimum absolute atomic E-state index is 0.146. The number of allylic oxidation sites excluding steroid dienone is 2. The summed E-state index contributed by atoms with van der Waals surface area (Å²) in [4.78, 5) is 0. The van der Waals surface area contributed by atoms with Crippen molar-refractivity contribution < 1.29 is 22.9 Å². The second kappa shape index (κ2) is 10.1. The molecule has 1 aliphatic rings. The van der Waals surface area contributed by atoms with E-state index < -0.39 is 7.82 Å². The van der Waals surface area contributed by atoms with E-state index in [0.717, 1.165) is 17.6 Å². The molecule has 0 saturated heterocycles. The van der Waals surface area contributed by atoms with Crippen LogP contribution in [0.15, 0.2) is 115 Å². The summed E-state index contributed by atoms with van der Waals surface area (Å²) in [5.74, 6) is 0.889. The molecule has 6 heteroatoms. The van der Waals surface area contributed by atoms with Crippen molar-refractivity contribution in [2.45, 2.75) is 19.3 Å². The number of hydrogen-bond acceptors (Lipinski definition) is 5. The van der Waals surface area contributed by atoms with Crippen molar-refractivity contribution in [2.75, 3.05) is 0 Å². The lowest BCUT2D eigenvalue weighted by Gasteiger charge is -2.21. The van der Waals surface area contributed by atoms with E-state index >= 15 is 0 Å². The van der Waals surface area contributed by atoms with E-state index in [1.54, 1.807) is 54.8 Å². The molecule has 5 nitrogen and oxygen atoms in total. The Balaban J connectivity index is 1.65. The molecule has 0 atom stereocenters. The summed E-state index contributed by atoms with van der Waals surface area (Å²) in [6.07, 6.45) is 5.55. The lowest BCUT2D eigenvalue weighted by Crippen LogP contribution is -2.08. The van der Waals surface area contributed by atoms with Gasteiger partial charge in [-0.25, -0.2) is 0 Å². The van der Waals surface area contributed by atoms with Crippen molar-refractivity contribution in [1.82, 2.24) is 0 Å². The third-order valence-electron chi connectivity index (χ3n) is 4.55. The monoisotopic (exact) mass is 434 g/mol. The van der Waals surface area contributed by atoms with Gasteiger partial charge in [0, 0.05) is 12.0 Å². The maximum atomic E-state index is 13.7. The van der Waals surface area contributed by atoms with Gasteiger partial charge < -0.3 is 18.3 Å². The molecule has 3 aromatic rings. The summed E-state index contributed by atoms with van der Waals surface area (Å²) < 4.78 is 36.7. The van der Waals surface area contributed by atoms with Gasteiger partial charge in [-0.2, -0.15) is 4.57 Å². The predicted octanol–water partition coefficient (Wildman–Crippen LogP) is 7.05. The molecule has 0 aliphatic carbocycles. The molecule has 31 heavy (non-hydrogen) atoms. The summed E-state index contributed by atoms with van der Waals surface area (Å²) in [6.45, 7) is 0. The Morgan fingerprint density at radius 1 is 0.742 bits per heavy atom. The highest BCUT2D eigenvalue weighted by atomic mass is 31.2. The number of benzene rings is 3. The number of rotatable bonds is 8. The number of para-hydroxylation sites is 2. The van der Waals surface area contributed by atoms with Crippen LogP contribution in [0.25, 0.3) is 0 Å². The van der Waals surface area contributed by atoms with Crippen LogP contribution < -0.4 is 9.05 Å². The highest BCUT2D eigenvalue weighted by Crippen LogP contribution is 2.52. The van der Waals surface area contributed by atoms with Crippen molar-refractivity contribution >= 4 is 7.82 Å². The van der Waals surface area contributed by atoms with Gasteiger partial charge in [-0.3, -0.25) is 0 Å². The van der Waals surface area contributed by atoms with E-state index in [9.17, 15) is 4.57 Å². The molecular formula is C25H23O5P. The molecule has 0 saturated carbocycles. The topological polar surface area (TPSA) is 54.0 Å². The van der Waals surface area contributed by atoms with E-state index in [-0.39, 0.29) is 5.95 Å².